The van der Waals surface area contributed by atoms with Crippen LogP contribution in [0.1, 0.15) is 47.0 Å². The number of aliphatic carboxylic acids is 1. The first-order chi connectivity index (χ1) is 10.1. The van der Waals surface area contributed by atoms with Crippen LogP contribution < -0.4 is 16.0 Å². The Kier molecular flexibility index (Phi) is 8.14. The van der Waals surface area contributed by atoms with Crippen molar-refractivity contribution in [1.82, 2.24) is 16.0 Å². The Bertz CT molecular complexity index is 417. The van der Waals surface area contributed by atoms with Gasteiger partial charge in [0.1, 0.15) is 12.1 Å². The highest BCUT2D eigenvalue weighted by molar-refractivity contribution is 5.90. The molecule has 0 spiro atoms. The van der Waals surface area contributed by atoms with Gasteiger partial charge in [0.05, 0.1) is 0 Å². The van der Waals surface area contributed by atoms with E-state index in [2.05, 4.69) is 16.0 Å². The minimum absolute atomic E-state index is 0.0860. The van der Waals surface area contributed by atoms with E-state index >= 15 is 0 Å². The Morgan fingerprint density at radius 1 is 1.18 bits per heavy atom. The van der Waals surface area contributed by atoms with E-state index in [9.17, 15) is 19.2 Å². The van der Waals surface area contributed by atoms with E-state index in [4.69, 9.17) is 5.11 Å². The van der Waals surface area contributed by atoms with E-state index in [0.717, 1.165) is 0 Å². The quantitative estimate of drug-likeness (QED) is 0.438. The van der Waals surface area contributed by atoms with Crippen LogP contribution in [0.25, 0.3) is 0 Å². The highest BCUT2D eigenvalue weighted by atomic mass is 16.4. The third kappa shape index (κ3) is 8.93. The molecular weight excluding hydrogens is 290 g/mol. The van der Waals surface area contributed by atoms with Crippen LogP contribution in [0.3, 0.4) is 0 Å². The third-order valence-corrected chi connectivity index (χ3v) is 2.73. The van der Waals surface area contributed by atoms with Crippen molar-refractivity contribution in [3.8, 4) is 0 Å². The average Bonchev–Trinajstić information content (AvgIpc) is 2.35. The van der Waals surface area contributed by atoms with Crippen molar-refractivity contribution in [3.63, 3.8) is 0 Å². The van der Waals surface area contributed by atoms with Gasteiger partial charge in [-0.05, 0) is 40.5 Å². The maximum Gasteiger partial charge on any atom is 0.303 e. The fourth-order valence-corrected chi connectivity index (χ4v) is 1.66. The van der Waals surface area contributed by atoms with Gasteiger partial charge in [-0.1, -0.05) is 0 Å². The molecule has 8 heteroatoms. The first kappa shape index (κ1) is 19.9. The van der Waals surface area contributed by atoms with E-state index < -0.39 is 29.5 Å². The Morgan fingerprint density at radius 2 is 1.77 bits per heavy atom. The second-order valence-corrected chi connectivity index (χ2v) is 6.09. The van der Waals surface area contributed by atoms with E-state index in [1.807, 2.05) is 0 Å². The Labute approximate surface area is 130 Å². The van der Waals surface area contributed by atoms with Gasteiger partial charge in [0, 0.05) is 12.0 Å². The fourth-order valence-electron chi connectivity index (χ4n) is 1.66. The molecule has 8 nitrogen and oxygen atoms in total. The molecule has 0 fully saturated rings. The van der Waals surface area contributed by atoms with Gasteiger partial charge in [0.25, 0.3) is 0 Å². The summed E-state index contributed by atoms with van der Waals surface area (Å²) in [6.07, 6.45) is 0.775. The Balaban J connectivity index is 4.77. The molecule has 126 valence electrons. The maximum atomic E-state index is 12.2. The second-order valence-electron chi connectivity index (χ2n) is 6.09. The lowest BCUT2D eigenvalue weighted by atomic mass is 10.0. The molecule has 0 aliphatic carbocycles. The topological polar surface area (TPSA) is 125 Å². The Morgan fingerprint density at radius 3 is 2.23 bits per heavy atom. The molecule has 3 amide bonds. The summed E-state index contributed by atoms with van der Waals surface area (Å²) in [6, 6.07) is -1.62. The van der Waals surface area contributed by atoms with Crippen LogP contribution in [-0.4, -0.2) is 46.9 Å². The smallest absolute Gasteiger partial charge is 0.303 e. The number of carbonyl (C=O) groups excluding carboxylic acids is 3. The highest BCUT2D eigenvalue weighted by Crippen LogP contribution is 2.06. The van der Waals surface area contributed by atoms with Crippen molar-refractivity contribution in [2.75, 3.05) is 0 Å². The second kappa shape index (κ2) is 9.01. The van der Waals surface area contributed by atoms with Crippen LogP contribution in [0.15, 0.2) is 0 Å². The summed E-state index contributed by atoms with van der Waals surface area (Å²) in [5.41, 5.74) is -0.473. The van der Waals surface area contributed by atoms with Gasteiger partial charge in [0.2, 0.25) is 18.2 Å². The number of rotatable bonds is 9. The summed E-state index contributed by atoms with van der Waals surface area (Å²) in [4.78, 5) is 45.0. The average molecular weight is 315 g/mol. The minimum Gasteiger partial charge on any atom is -0.481 e. The number of carboxylic acids is 1. The zero-order valence-corrected chi connectivity index (χ0v) is 13.4. The molecule has 0 aliphatic heterocycles. The monoisotopic (exact) mass is 315 g/mol. The van der Waals surface area contributed by atoms with Crippen LogP contribution in [-0.2, 0) is 19.2 Å². The van der Waals surface area contributed by atoms with Crippen molar-refractivity contribution in [2.24, 2.45) is 0 Å². The number of amides is 3. The lowest BCUT2D eigenvalue weighted by molar-refractivity contribution is -0.137. The molecule has 0 heterocycles. The molecule has 2 unspecified atom stereocenters. The first-order valence-electron chi connectivity index (χ1n) is 7.10. The van der Waals surface area contributed by atoms with Crippen molar-refractivity contribution in [2.45, 2.75) is 64.6 Å². The Hall–Kier alpha value is -2.12. The molecule has 0 saturated carbocycles. The molecule has 0 saturated heterocycles. The van der Waals surface area contributed by atoms with Gasteiger partial charge in [-0.3, -0.25) is 19.2 Å². The number of hydrogen-bond donors (Lipinski definition) is 4. The van der Waals surface area contributed by atoms with E-state index in [1.54, 1.807) is 20.8 Å². The minimum atomic E-state index is -0.961. The van der Waals surface area contributed by atoms with Gasteiger partial charge < -0.3 is 21.1 Å². The van der Waals surface area contributed by atoms with E-state index in [1.165, 1.54) is 6.92 Å². The zero-order valence-electron chi connectivity index (χ0n) is 13.4. The number of nitrogens with one attached hydrogen (secondary N) is 3. The molecule has 0 aliphatic rings. The molecule has 0 rings (SSSR count). The molecule has 0 bridgehead atoms. The summed E-state index contributed by atoms with van der Waals surface area (Å²) in [6.45, 7) is 6.90. The largest absolute Gasteiger partial charge is 0.481 e. The predicted octanol–water partition coefficient (Wildman–Crippen LogP) is -0.225. The van der Waals surface area contributed by atoms with Gasteiger partial charge in [-0.15, -0.1) is 0 Å². The summed E-state index contributed by atoms with van der Waals surface area (Å²) in [5, 5.41) is 16.2. The highest BCUT2D eigenvalue weighted by Gasteiger charge is 2.26. The van der Waals surface area contributed by atoms with Gasteiger partial charge in [-0.25, -0.2) is 0 Å². The van der Waals surface area contributed by atoms with Crippen molar-refractivity contribution in [3.05, 3.63) is 0 Å². The molecule has 4 N–H and O–H groups in total. The van der Waals surface area contributed by atoms with Gasteiger partial charge in [0.15, 0.2) is 0 Å². The molecule has 0 aromatic carbocycles. The van der Waals surface area contributed by atoms with E-state index in [0.29, 0.717) is 6.41 Å². The molecular formula is C14H25N3O5. The summed E-state index contributed by atoms with van der Waals surface area (Å²) in [7, 11) is 0. The van der Waals surface area contributed by atoms with Crippen LogP contribution in [0.5, 0.6) is 0 Å². The van der Waals surface area contributed by atoms with Crippen molar-refractivity contribution >= 4 is 24.2 Å². The van der Waals surface area contributed by atoms with Crippen molar-refractivity contribution < 1.29 is 24.3 Å². The standard InChI is InChI=1S/C14H25N3O5/c1-9(15-8-18)12(21)16-10(6-5-7-11(19)20)13(22)17-14(2,3)4/h8-10H,5-7H2,1-4H3,(H,15,18)(H,16,21)(H,17,22)(H,19,20). The SMILES string of the molecule is CC(NC=O)C(=O)NC(CCCC(=O)O)C(=O)NC(C)(C)C. The third-order valence-electron chi connectivity index (χ3n) is 2.73. The number of carbonyl (C=O) groups is 4. The van der Waals surface area contributed by atoms with Crippen molar-refractivity contribution in [1.29, 1.82) is 0 Å². The predicted molar refractivity (Wildman–Crippen MR) is 80.0 cm³/mol. The van der Waals surface area contributed by atoms with Crippen LogP contribution in [0.2, 0.25) is 0 Å². The maximum absolute atomic E-state index is 12.2. The van der Waals surface area contributed by atoms with Crippen LogP contribution >= 0.6 is 0 Å². The first-order valence-corrected chi connectivity index (χ1v) is 7.10. The summed E-state index contributed by atoms with van der Waals surface area (Å²) >= 11 is 0. The van der Waals surface area contributed by atoms with Crippen LogP contribution in [0.4, 0.5) is 0 Å². The lowest BCUT2D eigenvalue weighted by Gasteiger charge is -2.26. The zero-order chi connectivity index (χ0) is 17.3. The van der Waals surface area contributed by atoms with E-state index in [-0.39, 0.29) is 25.2 Å². The fraction of sp³-hybridized carbons (Fsp3) is 0.714. The molecule has 0 aromatic heterocycles. The lowest BCUT2D eigenvalue weighted by Crippen LogP contribution is -2.54. The summed E-state index contributed by atoms with van der Waals surface area (Å²) in [5.74, 6) is -1.85. The number of carboxylic acid groups (broad SMARTS) is 1. The molecule has 2 atom stereocenters. The van der Waals surface area contributed by atoms with Gasteiger partial charge in [-0.2, -0.15) is 0 Å². The van der Waals surface area contributed by atoms with Gasteiger partial charge >= 0.3 is 5.97 Å². The molecule has 0 radical (unpaired) electrons. The normalized spacial score (nSPS) is 13.6. The summed E-state index contributed by atoms with van der Waals surface area (Å²) < 4.78 is 0. The number of hydrogen-bond acceptors (Lipinski definition) is 4. The van der Waals surface area contributed by atoms with Crippen LogP contribution in [0, 0.1) is 0 Å². The molecule has 0 aromatic rings. The molecule has 22 heavy (non-hydrogen) atoms.